The Balaban J connectivity index is 1.19. The Morgan fingerprint density at radius 3 is 2.61 bits per heavy atom. The summed E-state index contributed by atoms with van der Waals surface area (Å²) in [5.74, 6) is 0.124. The zero-order valence-electron chi connectivity index (χ0n) is 20.3. The maximum absolute atomic E-state index is 12.4. The van der Waals surface area contributed by atoms with Crippen LogP contribution in [0, 0.1) is 5.92 Å². The van der Waals surface area contributed by atoms with Crippen molar-refractivity contribution in [3.05, 3.63) is 30.1 Å². The number of carbonyl (C=O) groups excluding carboxylic acids is 2. The van der Waals surface area contributed by atoms with Crippen LogP contribution in [0.3, 0.4) is 0 Å². The molecule has 3 aliphatic rings. The van der Waals surface area contributed by atoms with Crippen LogP contribution in [0.5, 0.6) is 0 Å². The topological polar surface area (TPSA) is 133 Å². The average Bonchev–Trinajstić information content (AvgIpc) is 3.64. The molecule has 188 valence electrons. The number of rotatable bonds is 7. The molecule has 0 spiro atoms. The normalized spacial score (nSPS) is 18.6. The van der Waals surface area contributed by atoms with E-state index in [4.69, 9.17) is 0 Å². The van der Waals surface area contributed by atoms with Gasteiger partial charge in [0, 0.05) is 38.2 Å². The Bertz CT molecular complexity index is 1290. The molecule has 36 heavy (non-hydrogen) atoms. The Morgan fingerprint density at radius 2 is 1.86 bits per heavy atom. The number of fused-ring (bicyclic) bond motifs is 1. The summed E-state index contributed by atoms with van der Waals surface area (Å²) in [7, 11) is 1.52. The van der Waals surface area contributed by atoms with Gasteiger partial charge in [-0.1, -0.05) is 6.42 Å². The fourth-order valence-corrected chi connectivity index (χ4v) is 4.82. The van der Waals surface area contributed by atoms with Gasteiger partial charge >= 0.3 is 0 Å². The Hall–Kier alpha value is -3.80. The number of likely N-dealkylation sites (tertiary alicyclic amines) is 1. The quantitative estimate of drug-likeness (QED) is 0.452. The molecule has 5 heterocycles. The van der Waals surface area contributed by atoms with Crippen LogP contribution >= 0.6 is 0 Å². The first kappa shape index (κ1) is 22.7. The highest BCUT2D eigenvalue weighted by atomic mass is 16.2. The van der Waals surface area contributed by atoms with Crippen LogP contribution in [0.25, 0.3) is 5.65 Å². The number of nitrogens with zero attached hydrogens (tertiary/aromatic N) is 7. The first-order valence-electron chi connectivity index (χ1n) is 12.6. The lowest BCUT2D eigenvalue weighted by Gasteiger charge is -2.47. The van der Waals surface area contributed by atoms with Gasteiger partial charge in [-0.25, -0.2) is 4.52 Å². The summed E-state index contributed by atoms with van der Waals surface area (Å²) in [6, 6.07) is 6.21. The molecule has 6 rings (SSSR count). The average molecular weight is 491 g/mol. The van der Waals surface area contributed by atoms with Crippen LogP contribution in [0.1, 0.15) is 42.6 Å². The predicted octanol–water partition coefficient (Wildman–Crippen LogP) is 1.65. The molecule has 1 saturated carbocycles. The van der Waals surface area contributed by atoms with Crippen molar-refractivity contribution in [1.82, 2.24) is 35.0 Å². The van der Waals surface area contributed by atoms with Crippen LogP contribution < -0.4 is 20.9 Å². The van der Waals surface area contributed by atoms with Gasteiger partial charge < -0.3 is 20.9 Å². The summed E-state index contributed by atoms with van der Waals surface area (Å²) in [5.41, 5.74) is 2.23. The van der Waals surface area contributed by atoms with Crippen LogP contribution in [0.15, 0.2) is 24.4 Å². The maximum atomic E-state index is 12.4. The van der Waals surface area contributed by atoms with Crippen molar-refractivity contribution >= 4 is 40.6 Å². The number of hydrogen-bond acceptors (Lipinski definition) is 9. The first-order chi connectivity index (χ1) is 17.6. The molecule has 3 fully saturated rings. The Labute approximate surface area is 208 Å². The molecule has 12 heteroatoms. The van der Waals surface area contributed by atoms with Crippen molar-refractivity contribution < 1.29 is 9.59 Å². The summed E-state index contributed by atoms with van der Waals surface area (Å²) >= 11 is 0. The number of aromatic nitrogens is 5. The summed E-state index contributed by atoms with van der Waals surface area (Å²) in [6.45, 7) is 4.48. The van der Waals surface area contributed by atoms with Gasteiger partial charge in [-0.3, -0.25) is 14.5 Å². The van der Waals surface area contributed by atoms with Crippen molar-refractivity contribution in [1.29, 1.82) is 0 Å². The van der Waals surface area contributed by atoms with Crippen LogP contribution in [-0.2, 0) is 4.79 Å². The van der Waals surface area contributed by atoms with E-state index in [9.17, 15) is 9.59 Å². The number of amides is 2. The van der Waals surface area contributed by atoms with E-state index < -0.39 is 5.91 Å². The predicted molar refractivity (Wildman–Crippen MR) is 134 cm³/mol. The summed E-state index contributed by atoms with van der Waals surface area (Å²) in [6.07, 6.45) is 7.70. The van der Waals surface area contributed by atoms with Gasteiger partial charge in [0.1, 0.15) is 0 Å². The van der Waals surface area contributed by atoms with E-state index in [0.29, 0.717) is 23.3 Å². The molecule has 0 unspecified atom stereocenters. The van der Waals surface area contributed by atoms with Gasteiger partial charge in [0.15, 0.2) is 17.2 Å². The molecule has 0 radical (unpaired) electrons. The minimum Gasteiger partial charge on any atom is -0.367 e. The third-order valence-electron chi connectivity index (χ3n) is 7.13. The van der Waals surface area contributed by atoms with E-state index in [-0.39, 0.29) is 23.3 Å². The number of hydrogen-bond donors (Lipinski definition) is 3. The molecule has 2 aliphatic heterocycles. The van der Waals surface area contributed by atoms with Crippen LogP contribution in [-0.4, -0.2) is 80.8 Å². The van der Waals surface area contributed by atoms with Crippen LogP contribution in [0.2, 0.25) is 0 Å². The fourth-order valence-electron chi connectivity index (χ4n) is 4.82. The van der Waals surface area contributed by atoms with E-state index in [1.54, 1.807) is 10.6 Å². The first-order valence-corrected chi connectivity index (χ1v) is 12.6. The second kappa shape index (κ2) is 9.34. The maximum Gasteiger partial charge on any atom is 0.273 e. The molecule has 3 aromatic rings. The van der Waals surface area contributed by atoms with Crippen molar-refractivity contribution in [3.8, 4) is 0 Å². The summed E-state index contributed by atoms with van der Waals surface area (Å²) in [4.78, 5) is 34.0. The summed E-state index contributed by atoms with van der Waals surface area (Å²) < 4.78 is 1.73. The van der Waals surface area contributed by atoms with E-state index in [1.807, 2.05) is 12.3 Å². The SMILES string of the molecule is CNC(=O)c1nnc(NC(=O)C2CC2)cc1Nc1nc2ccc(N3CC(N4CCCCC4)C3)cn2n1. The fraction of sp³-hybridized carbons (Fsp3) is 0.500. The summed E-state index contributed by atoms with van der Waals surface area (Å²) in [5, 5.41) is 21.0. The minimum atomic E-state index is -0.405. The highest BCUT2D eigenvalue weighted by molar-refractivity contribution is 5.99. The molecular weight excluding hydrogens is 460 g/mol. The molecule has 1 aliphatic carbocycles. The van der Waals surface area contributed by atoms with E-state index in [0.717, 1.165) is 31.6 Å². The van der Waals surface area contributed by atoms with Gasteiger partial charge in [0.25, 0.3) is 5.91 Å². The zero-order chi connectivity index (χ0) is 24.6. The third kappa shape index (κ3) is 4.55. The van der Waals surface area contributed by atoms with Gasteiger partial charge in [0.2, 0.25) is 11.9 Å². The second-order valence-corrected chi connectivity index (χ2v) is 9.74. The Morgan fingerprint density at radius 1 is 1.06 bits per heavy atom. The van der Waals surface area contributed by atoms with Crippen molar-refractivity contribution in [2.45, 2.75) is 38.1 Å². The molecule has 3 aromatic heterocycles. The monoisotopic (exact) mass is 490 g/mol. The molecule has 0 atom stereocenters. The molecule has 0 aromatic carbocycles. The highest BCUT2D eigenvalue weighted by Crippen LogP contribution is 2.31. The lowest BCUT2D eigenvalue weighted by atomic mass is 10.0. The molecule has 12 nitrogen and oxygen atoms in total. The Kier molecular flexibility index (Phi) is 5.88. The molecule has 0 bridgehead atoms. The second-order valence-electron chi connectivity index (χ2n) is 9.74. The van der Waals surface area contributed by atoms with Gasteiger partial charge in [-0.2, -0.15) is 4.98 Å². The van der Waals surface area contributed by atoms with Gasteiger partial charge in [-0.15, -0.1) is 15.3 Å². The van der Waals surface area contributed by atoms with Crippen molar-refractivity contribution in [2.24, 2.45) is 5.92 Å². The van der Waals surface area contributed by atoms with Gasteiger partial charge in [0.05, 0.1) is 17.6 Å². The van der Waals surface area contributed by atoms with Crippen LogP contribution in [0.4, 0.5) is 23.1 Å². The molecule has 2 amide bonds. The lowest BCUT2D eigenvalue weighted by molar-refractivity contribution is -0.117. The number of carbonyl (C=O) groups is 2. The van der Waals surface area contributed by atoms with Crippen molar-refractivity contribution in [2.75, 3.05) is 48.8 Å². The number of nitrogens with one attached hydrogen (secondary N) is 3. The minimum absolute atomic E-state index is 0.0256. The van der Waals surface area contributed by atoms with Crippen molar-refractivity contribution in [3.63, 3.8) is 0 Å². The number of piperidine rings is 1. The number of pyridine rings is 1. The smallest absolute Gasteiger partial charge is 0.273 e. The highest BCUT2D eigenvalue weighted by Gasteiger charge is 2.33. The van der Waals surface area contributed by atoms with E-state index in [2.05, 4.69) is 52.1 Å². The third-order valence-corrected chi connectivity index (χ3v) is 7.13. The largest absolute Gasteiger partial charge is 0.367 e. The zero-order valence-corrected chi connectivity index (χ0v) is 20.3. The van der Waals surface area contributed by atoms with E-state index >= 15 is 0 Å². The standard InChI is InChI=1S/C24H30N10O2/c1-25-23(36)21-18(11-19(29-30-21)27-22(35)15-5-6-15)26-24-28-20-8-7-16(14-34(20)31-24)33-12-17(13-33)32-9-3-2-4-10-32/h7-8,11,14-15,17H,2-6,9-10,12-13H2,1H3,(H,25,36)(H2,26,27,29,31,35). The lowest BCUT2D eigenvalue weighted by Crippen LogP contribution is -2.60. The van der Waals surface area contributed by atoms with Gasteiger partial charge in [-0.05, 0) is 50.9 Å². The number of anilines is 4. The van der Waals surface area contributed by atoms with E-state index in [1.165, 1.54) is 39.4 Å². The molecular formula is C24H30N10O2. The molecule has 2 saturated heterocycles. The molecule has 3 N–H and O–H groups in total.